The molecule has 6 heteroatoms. The van der Waals surface area contributed by atoms with E-state index in [1.54, 1.807) is 4.90 Å². The maximum absolute atomic E-state index is 13.8. The fourth-order valence-corrected chi connectivity index (χ4v) is 2.70. The molecule has 1 N–H and O–H groups in total. The Labute approximate surface area is 130 Å². The van der Waals surface area contributed by atoms with Gasteiger partial charge in [-0.25, -0.2) is 8.78 Å². The molecule has 3 nitrogen and oxygen atoms in total. The third-order valence-electron chi connectivity index (χ3n) is 3.78. The number of nitrogens with one attached hydrogen (secondary N) is 1. The normalized spacial score (nSPS) is 18.3. The first-order valence-electron chi connectivity index (χ1n) is 6.92. The van der Waals surface area contributed by atoms with Crippen LogP contribution < -0.4 is 5.32 Å². The minimum Gasteiger partial charge on any atom is -0.338 e. The van der Waals surface area contributed by atoms with Crippen LogP contribution in [0.1, 0.15) is 28.8 Å². The van der Waals surface area contributed by atoms with Gasteiger partial charge in [0.05, 0.1) is 5.56 Å². The Hall–Kier alpha value is -1.20. The van der Waals surface area contributed by atoms with Crippen molar-refractivity contribution in [3.05, 3.63) is 34.9 Å². The Balaban J connectivity index is 0.00000220. The van der Waals surface area contributed by atoms with E-state index in [-0.39, 0.29) is 23.9 Å². The van der Waals surface area contributed by atoms with Crippen LogP contribution in [0, 0.1) is 24.5 Å². The Morgan fingerprint density at radius 2 is 2.10 bits per heavy atom. The summed E-state index contributed by atoms with van der Waals surface area (Å²) in [5, 5.41) is 3.10. The molecule has 1 aromatic rings. The standard InChI is InChI=1S/C15H20F2N2O.ClH/c1-10-6-12(14(17)7-13(10)16)15(20)19-5-3-4-11(9-19)8-18-2;/h6-7,11,18H,3-5,8-9H2,1-2H3;1H. The van der Waals surface area contributed by atoms with Crippen molar-refractivity contribution in [2.75, 3.05) is 26.7 Å². The van der Waals surface area contributed by atoms with Crippen molar-refractivity contribution >= 4 is 18.3 Å². The van der Waals surface area contributed by atoms with Crippen LogP contribution in [0.15, 0.2) is 12.1 Å². The van der Waals surface area contributed by atoms with Crippen LogP contribution in [0.2, 0.25) is 0 Å². The molecule has 0 bridgehead atoms. The summed E-state index contributed by atoms with van der Waals surface area (Å²) < 4.78 is 27.0. The number of carbonyl (C=O) groups excluding carboxylic acids is 1. The van der Waals surface area contributed by atoms with Crippen molar-refractivity contribution in [2.45, 2.75) is 19.8 Å². The summed E-state index contributed by atoms with van der Waals surface area (Å²) in [6.07, 6.45) is 1.98. The maximum atomic E-state index is 13.8. The highest BCUT2D eigenvalue weighted by atomic mass is 35.5. The number of halogens is 3. The first-order valence-corrected chi connectivity index (χ1v) is 6.92. The van der Waals surface area contributed by atoms with Crippen molar-refractivity contribution < 1.29 is 13.6 Å². The minimum absolute atomic E-state index is 0. The third-order valence-corrected chi connectivity index (χ3v) is 3.78. The summed E-state index contributed by atoms with van der Waals surface area (Å²) in [6.45, 7) is 3.63. The van der Waals surface area contributed by atoms with E-state index < -0.39 is 11.6 Å². The SMILES string of the molecule is CNCC1CCCN(C(=O)c2cc(C)c(F)cc2F)C1.Cl. The van der Waals surface area contributed by atoms with Gasteiger partial charge < -0.3 is 10.2 Å². The molecule has 118 valence electrons. The number of amides is 1. The zero-order chi connectivity index (χ0) is 14.7. The number of aryl methyl sites for hydroxylation is 1. The molecule has 1 aliphatic heterocycles. The lowest BCUT2D eigenvalue weighted by Gasteiger charge is -2.33. The van der Waals surface area contributed by atoms with Gasteiger partial charge in [-0.15, -0.1) is 12.4 Å². The van der Waals surface area contributed by atoms with Crippen LogP contribution >= 0.6 is 12.4 Å². The first-order chi connectivity index (χ1) is 9.52. The molecule has 21 heavy (non-hydrogen) atoms. The Bertz CT molecular complexity index is 509. The van der Waals surface area contributed by atoms with Crippen LogP contribution in [0.5, 0.6) is 0 Å². The molecule has 0 spiro atoms. The van der Waals surface area contributed by atoms with E-state index in [1.807, 2.05) is 7.05 Å². The Kier molecular flexibility index (Phi) is 6.55. The number of benzene rings is 1. The number of hydrogen-bond acceptors (Lipinski definition) is 2. The van der Waals surface area contributed by atoms with Crippen LogP contribution in [0.25, 0.3) is 0 Å². The molecule has 1 saturated heterocycles. The molecule has 1 amide bonds. The average molecular weight is 319 g/mol. The zero-order valence-corrected chi connectivity index (χ0v) is 13.1. The molecule has 0 aromatic heterocycles. The smallest absolute Gasteiger partial charge is 0.256 e. The first kappa shape index (κ1) is 17.9. The second-order valence-corrected chi connectivity index (χ2v) is 5.40. The predicted molar refractivity (Wildman–Crippen MR) is 80.9 cm³/mol. The van der Waals surface area contributed by atoms with Gasteiger partial charge >= 0.3 is 0 Å². The molecule has 1 atom stereocenters. The molecular weight excluding hydrogens is 298 g/mol. The van der Waals surface area contributed by atoms with Crippen molar-refractivity contribution in [1.29, 1.82) is 0 Å². The lowest BCUT2D eigenvalue weighted by Crippen LogP contribution is -2.42. The lowest BCUT2D eigenvalue weighted by molar-refractivity contribution is 0.0669. The van der Waals surface area contributed by atoms with Crippen LogP contribution in [0.4, 0.5) is 8.78 Å². The third kappa shape index (κ3) is 4.14. The van der Waals surface area contributed by atoms with Crippen LogP contribution in [-0.2, 0) is 0 Å². The fourth-order valence-electron chi connectivity index (χ4n) is 2.70. The van der Waals surface area contributed by atoms with Crippen molar-refractivity contribution in [2.24, 2.45) is 5.92 Å². The molecule has 0 radical (unpaired) electrons. The van der Waals surface area contributed by atoms with Gasteiger partial charge in [-0.2, -0.15) is 0 Å². The fraction of sp³-hybridized carbons (Fsp3) is 0.533. The molecule has 1 fully saturated rings. The predicted octanol–water partition coefficient (Wildman–Crippen LogP) is 2.77. The Morgan fingerprint density at radius 3 is 2.76 bits per heavy atom. The van der Waals surface area contributed by atoms with E-state index in [1.165, 1.54) is 13.0 Å². The molecule has 0 aliphatic carbocycles. The summed E-state index contributed by atoms with van der Waals surface area (Å²) in [5.74, 6) is -1.35. The van der Waals surface area contributed by atoms with Crippen molar-refractivity contribution in [1.82, 2.24) is 10.2 Å². The number of piperidine rings is 1. The second-order valence-electron chi connectivity index (χ2n) is 5.40. The average Bonchev–Trinajstić information content (AvgIpc) is 2.43. The van der Waals surface area contributed by atoms with E-state index in [4.69, 9.17) is 0 Å². The van der Waals surface area contributed by atoms with E-state index in [0.29, 0.717) is 24.6 Å². The summed E-state index contributed by atoms with van der Waals surface area (Å²) in [5.41, 5.74) is 0.257. The van der Waals surface area contributed by atoms with Gasteiger partial charge in [0, 0.05) is 19.2 Å². The van der Waals surface area contributed by atoms with Crippen molar-refractivity contribution in [3.63, 3.8) is 0 Å². The number of hydrogen-bond donors (Lipinski definition) is 1. The van der Waals surface area contributed by atoms with E-state index in [9.17, 15) is 13.6 Å². The highest BCUT2D eigenvalue weighted by molar-refractivity contribution is 5.94. The maximum Gasteiger partial charge on any atom is 0.256 e. The highest BCUT2D eigenvalue weighted by Crippen LogP contribution is 2.21. The topological polar surface area (TPSA) is 32.3 Å². The molecule has 2 rings (SSSR count). The molecule has 1 aliphatic rings. The van der Waals surface area contributed by atoms with E-state index in [0.717, 1.165) is 25.5 Å². The van der Waals surface area contributed by atoms with Gasteiger partial charge in [-0.1, -0.05) is 0 Å². The van der Waals surface area contributed by atoms with Crippen LogP contribution in [-0.4, -0.2) is 37.5 Å². The van der Waals surface area contributed by atoms with Gasteiger partial charge in [-0.3, -0.25) is 4.79 Å². The molecule has 1 heterocycles. The van der Waals surface area contributed by atoms with E-state index >= 15 is 0 Å². The van der Waals surface area contributed by atoms with Gasteiger partial charge in [0.15, 0.2) is 0 Å². The van der Waals surface area contributed by atoms with E-state index in [2.05, 4.69) is 5.32 Å². The number of rotatable bonds is 3. The summed E-state index contributed by atoms with van der Waals surface area (Å²) >= 11 is 0. The second kappa shape index (κ2) is 7.71. The zero-order valence-electron chi connectivity index (χ0n) is 12.3. The van der Waals surface area contributed by atoms with Crippen LogP contribution in [0.3, 0.4) is 0 Å². The van der Waals surface area contributed by atoms with Gasteiger partial charge in [0.25, 0.3) is 5.91 Å². The number of carbonyl (C=O) groups is 1. The number of nitrogens with zero attached hydrogens (tertiary/aromatic N) is 1. The van der Waals surface area contributed by atoms with Gasteiger partial charge in [0.1, 0.15) is 11.6 Å². The van der Waals surface area contributed by atoms with Gasteiger partial charge in [0.2, 0.25) is 0 Å². The van der Waals surface area contributed by atoms with Gasteiger partial charge in [-0.05, 0) is 50.9 Å². The summed E-state index contributed by atoms with van der Waals surface area (Å²) in [6, 6.07) is 2.09. The largest absolute Gasteiger partial charge is 0.338 e. The molecular formula is C15H21ClF2N2O. The molecule has 1 aromatic carbocycles. The molecule has 0 saturated carbocycles. The monoisotopic (exact) mass is 318 g/mol. The van der Waals surface area contributed by atoms with Crippen molar-refractivity contribution in [3.8, 4) is 0 Å². The minimum atomic E-state index is -0.783. The quantitative estimate of drug-likeness (QED) is 0.929. The highest BCUT2D eigenvalue weighted by Gasteiger charge is 2.26. The lowest BCUT2D eigenvalue weighted by atomic mass is 9.97. The number of likely N-dealkylation sites (tertiary alicyclic amines) is 1. The molecule has 1 unspecified atom stereocenters. The Morgan fingerprint density at radius 1 is 1.38 bits per heavy atom. The summed E-state index contributed by atoms with van der Waals surface area (Å²) in [7, 11) is 1.88. The summed E-state index contributed by atoms with van der Waals surface area (Å²) in [4.78, 5) is 14.0.